The number of carboxylic acids is 1. The number of amides is 1. The topological polar surface area (TPSA) is 86.6 Å². The second-order valence-corrected chi connectivity index (χ2v) is 13.3. The molecule has 0 saturated heterocycles. The number of halogens is 3. The summed E-state index contributed by atoms with van der Waals surface area (Å²) in [4.78, 5) is 23.6. The highest BCUT2D eigenvalue weighted by Gasteiger charge is 2.34. The van der Waals surface area contributed by atoms with E-state index in [1.165, 1.54) is 0 Å². The van der Waals surface area contributed by atoms with E-state index < -0.39 is 43.8 Å². The molecular weight excluding hydrogens is 403 g/mol. The first-order valence-corrected chi connectivity index (χ1v) is 11.9. The Morgan fingerprint density at radius 2 is 1.66 bits per heavy atom. The molecule has 1 rings (SSSR count). The SMILES string of the molecule is CC(C)(C)[Si](C)(C)C#CC[C@@H](NC(=O)[C@H](O)c1ccc(C(F)(F)F)cc1)C(=O)O. The number of alkyl halides is 3. The number of carboxylic acid groups (broad SMARTS) is 1. The fourth-order valence-electron chi connectivity index (χ4n) is 2.02. The Labute approximate surface area is 169 Å². The Morgan fingerprint density at radius 3 is 2.07 bits per heavy atom. The highest BCUT2D eigenvalue weighted by atomic mass is 28.3. The van der Waals surface area contributed by atoms with Gasteiger partial charge in [0.1, 0.15) is 14.1 Å². The van der Waals surface area contributed by atoms with Crippen molar-refractivity contribution in [2.45, 2.75) is 63.6 Å². The van der Waals surface area contributed by atoms with E-state index in [1.54, 1.807) is 0 Å². The Bertz CT molecular complexity index is 802. The molecule has 0 aliphatic rings. The van der Waals surface area contributed by atoms with Crippen molar-refractivity contribution in [2.24, 2.45) is 0 Å². The van der Waals surface area contributed by atoms with Gasteiger partial charge in [-0.25, -0.2) is 4.79 Å². The Hall–Kier alpha value is -2.31. The van der Waals surface area contributed by atoms with Crippen molar-refractivity contribution < 1.29 is 33.0 Å². The van der Waals surface area contributed by atoms with Crippen LogP contribution in [0.3, 0.4) is 0 Å². The number of hydrogen-bond donors (Lipinski definition) is 3. The zero-order valence-electron chi connectivity index (χ0n) is 17.0. The van der Waals surface area contributed by atoms with Crippen LogP contribution in [0.25, 0.3) is 0 Å². The molecule has 160 valence electrons. The van der Waals surface area contributed by atoms with Gasteiger partial charge in [-0.1, -0.05) is 46.0 Å². The molecule has 0 radical (unpaired) electrons. The molecule has 0 aliphatic carbocycles. The van der Waals surface area contributed by atoms with Crippen LogP contribution in [0.15, 0.2) is 24.3 Å². The summed E-state index contributed by atoms with van der Waals surface area (Å²) >= 11 is 0. The van der Waals surface area contributed by atoms with Gasteiger partial charge in [-0.05, 0) is 22.7 Å². The average Bonchev–Trinajstić information content (AvgIpc) is 2.58. The minimum absolute atomic E-state index is 0.0132. The molecule has 5 nitrogen and oxygen atoms in total. The number of benzene rings is 1. The fraction of sp³-hybridized carbons (Fsp3) is 0.500. The van der Waals surface area contributed by atoms with E-state index in [4.69, 9.17) is 0 Å². The highest BCUT2D eigenvalue weighted by Crippen LogP contribution is 2.35. The third-order valence-electron chi connectivity index (χ3n) is 5.00. The minimum atomic E-state index is -4.54. The maximum atomic E-state index is 12.6. The summed E-state index contributed by atoms with van der Waals surface area (Å²) in [6, 6.07) is 2.08. The Kier molecular flexibility index (Phi) is 7.68. The smallest absolute Gasteiger partial charge is 0.416 e. The number of aliphatic hydroxyl groups excluding tert-OH is 1. The van der Waals surface area contributed by atoms with Crippen LogP contribution in [0, 0.1) is 11.5 Å². The van der Waals surface area contributed by atoms with E-state index in [-0.39, 0.29) is 17.0 Å². The van der Waals surface area contributed by atoms with Crippen LogP contribution in [0.2, 0.25) is 18.1 Å². The van der Waals surface area contributed by atoms with Crippen LogP contribution in [0.5, 0.6) is 0 Å². The van der Waals surface area contributed by atoms with Crippen molar-refractivity contribution in [1.82, 2.24) is 5.32 Å². The second-order valence-electron chi connectivity index (χ2n) is 8.30. The lowest BCUT2D eigenvalue weighted by Crippen LogP contribution is -2.43. The summed E-state index contributed by atoms with van der Waals surface area (Å²) < 4.78 is 37.8. The first-order valence-electron chi connectivity index (χ1n) is 8.94. The van der Waals surface area contributed by atoms with Crippen LogP contribution in [-0.2, 0) is 15.8 Å². The van der Waals surface area contributed by atoms with E-state index in [0.29, 0.717) is 0 Å². The molecule has 0 aliphatic heterocycles. The first-order chi connectivity index (χ1) is 13.1. The molecule has 0 fully saturated rings. The lowest BCUT2D eigenvalue weighted by Gasteiger charge is -2.31. The Balaban J connectivity index is 2.87. The summed E-state index contributed by atoms with van der Waals surface area (Å²) in [6.07, 6.45) is -6.48. The van der Waals surface area contributed by atoms with Crippen LogP contribution in [0.1, 0.15) is 44.4 Å². The van der Waals surface area contributed by atoms with Crippen molar-refractivity contribution in [3.63, 3.8) is 0 Å². The number of rotatable bonds is 5. The van der Waals surface area contributed by atoms with Gasteiger partial charge in [0, 0.05) is 6.42 Å². The van der Waals surface area contributed by atoms with E-state index in [0.717, 1.165) is 24.3 Å². The molecule has 29 heavy (non-hydrogen) atoms. The van der Waals surface area contributed by atoms with Crippen molar-refractivity contribution in [2.75, 3.05) is 0 Å². The number of carbonyl (C=O) groups is 2. The van der Waals surface area contributed by atoms with Gasteiger partial charge < -0.3 is 15.5 Å². The van der Waals surface area contributed by atoms with Crippen molar-refractivity contribution in [1.29, 1.82) is 0 Å². The lowest BCUT2D eigenvalue weighted by molar-refractivity contribution is -0.143. The first kappa shape index (κ1) is 24.7. The van der Waals surface area contributed by atoms with Crippen molar-refractivity contribution in [3.05, 3.63) is 35.4 Å². The second kappa shape index (κ2) is 9.01. The van der Waals surface area contributed by atoms with Crippen molar-refractivity contribution >= 4 is 20.0 Å². The molecular formula is C20H26F3NO4Si. The van der Waals surface area contributed by atoms with Crippen molar-refractivity contribution in [3.8, 4) is 11.5 Å². The van der Waals surface area contributed by atoms with E-state index >= 15 is 0 Å². The number of aliphatic carboxylic acids is 1. The third-order valence-corrected chi connectivity index (χ3v) is 9.55. The van der Waals surface area contributed by atoms with E-state index in [1.807, 2.05) is 0 Å². The monoisotopic (exact) mass is 429 g/mol. The minimum Gasteiger partial charge on any atom is -0.480 e. The molecule has 1 aromatic carbocycles. The summed E-state index contributed by atoms with van der Waals surface area (Å²) in [5.41, 5.74) is 2.15. The van der Waals surface area contributed by atoms with Crippen LogP contribution < -0.4 is 5.32 Å². The van der Waals surface area contributed by atoms with Crippen LogP contribution in [-0.4, -0.2) is 36.2 Å². The average molecular weight is 430 g/mol. The molecule has 0 spiro atoms. The Morgan fingerprint density at radius 1 is 1.14 bits per heavy atom. The fourth-order valence-corrected chi connectivity index (χ4v) is 2.94. The van der Waals surface area contributed by atoms with E-state index in [9.17, 15) is 33.0 Å². The molecule has 0 bridgehead atoms. The lowest BCUT2D eigenvalue weighted by atomic mass is 10.1. The van der Waals surface area contributed by atoms with Gasteiger partial charge >= 0.3 is 12.1 Å². The molecule has 1 amide bonds. The molecule has 9 heteroatoms. The summed E-state index contributed by atoms with van der Waals surface area (Å²) in [5.74, 6) is 0.492. The molecule has 0 aromatic heterocycles. The number of aliphatic hydroxyl groups is 1. The van der Waals surface area contributed by atoms with Gasteiger partial charge in [0.2, 0.25) is 0 Å². The molecule has 0 saturated carbocycles. The zero-order valence-corrected chi connectivity index (χ0v) is 18.0. The van der Waals surface area contributed by atoms with Crippen LogP contribution >= 0.6 is 0 Å². The predicted molar refractivity (Wildman–Crippen MR) is 106 cm³/mol. The van der Waals surface area contributed by atoms with Gasteiger partial charge in [0.25, 0.3) is 5.91 Å². The molecule has 0 unspecified atom stereocenters. The maximum absolute atomic E-state index is 12.6. The maximum Gasteiger partial charge on any atom is 0.416 e. The number of hydrogen-bond acceptors (Lipinski definition) is 3. The molecule has 2 atom stereocenters. The normalized spacial score (nSPS) is 14.4. The summed E-state index contributed by atoms with van der Waals surface area (Å²) in [7, 11) is -1.95. The van der Waals surface area contributed by atoms with Gasteiger partial charge in [-0.15, -0.1) is 11.5 Å². The van der Waals surface area contributed by atoms with Gasteiger partial charge in [0.15, 0.2) is 6.10 Å². The molecule has 0 heterocycles. The quantitative estimate of drug-likeness (QED) is 0.492. The summed E-state index contributed by atoms with van der Waals surface area (Å²) in [5, 5.41) is 21.5. The summed E-state index contributed by atoms with van der Waals surface area (Å²) in [6.45, 7) is 10.3. The molecule has 1 aromatic rings. The standard InChI is InChI=1S/C20H26F3NO4Si/c1-19(2,3)29(4,5)12-6-7-15(18(27)28)24-17(26)16(25)13-8-10-14(11-9-13)20(21,22)23/h8-11,15-16,25H,7H2,1-5H3,(H,24,26)(H,27,28)/t15-,16-/m1/s1. The largest absolute Gasteiger partial charge is 0.480 e. The van der Waals surface area contributed by atoms with Crippen LogP contribution in [0.4, 0.5) is 13.2 Å². The zero-order chi connectivity index (χ0) is 22.6. The van der Waals surface area contributed by atoms with Gasteiger partial charge in [0.05, 0.1) is 5.56 Å². The van der Waals surface area contributed by atoms with E-state index in [2.05, 4.69) is 50.6 Å². The number of carbonyl (C=O) groups excluding carboxylic acids is 1. The highest BCUT2D eigenvalue weighted by molar-refractivity contribution is 6.87. The third kappa shape index (κ3) is 6.90. The predicted octanol–water partition coefficient (Wildman–Crippen LogP) is 3.75. The van der Waals surface area contributed by atoms with Gasteiger partial charge in [-0.3, -0.25) is 4.79 Å². The number of nitrogens with one attached hydrogen (secondary N) is 1. The van der Waals surface area contributed by atoms with Gasteiger partial charge in [-0.2, -0.15) is 13.2 Å². The molecule has 3 N–H and O–H groups in total.